The fourth-order valence-electron chi connectivity index (χ4n) is 1.46. The summed E-state index contributed by atoms with van der Waals surface area (Å²) in [4.78, 5) is 1.06. The van der Waals surface area contributed by atoms with Crippen LogP contribution in [0.3, 0.4) is 0 Å². The summed E-state index contributed by atoms with van der Waals surface area (Å²) < 4.78 is 25.9. The van der Waals surface area contributed by atoms with Gasteiger partial charge in [0, 0.05) is 24.9 Å². The molecule has 2 N–H and O–H groups in total. The number of hydrogen-bond donors (Lipinski definition) is 1. The van der Waals surface area contributed by atoms with Gasteiger partial charge < -0.3 is 5.73 Å². The molecule has 1 aromatic carbocycles. The van der Waals surface area contributed by atoms with E-state index < -0.39 is 9.84 Å². The lowest BCUT2D eigenvalue weighted by molar-refractivity contribution is 0.595. The van der Waals surface area contributed by atoms with Crippen LogP contribution < -0.4 is 5.73 Å². The van der Waals surface area contributed by atoms with E-state index in [1.54, 1.807) is 12.1 Å². The third kappa shape index (κ3) is 3.14. The van der Waals surface area contributed by atoms with Gasteiger partial charge in [-0.2, -0.15) is 0 Å². The first-order chi connectivity index (χ1) is 8.38. The zero-order chi connectivity index (χ0) is 13.3. The zero-order valence-electron chi connectivity index (χ0n) is 9.06. The molecule has 18 heavy (non-hydrogen) atoms. The van der Waals surface area contributed by atoms with Crippen LogP contribution >= 0.6 is 43.2 Å². The third-order valence-electron chi connectivity index (χ3n) is 2.25. The Morgan fingerprint density at radius 1 is 1.22 bits per heavy atom. The minimum Gasteiger partial charge on any atom is -0.399 e. The molecule has 0 aliphatic rings. The van der Waals surface area contributed by atoms with Crippen LogP contribution in [0.2, 0.25) is 0 Å². The highest BCUT2D eigenvalue weighted by atomic mass is 79.9. The molecule has 0 atom stereocenters. The van der Waals surface area contributed by atoms with Gasteiger partial charge >= 0.3 is 0 Å². The first-order valence-corrected chi connectivity index (χ1v) is 9.01. The van der Waals surface area contributed by atoms with Gasteiger partial charge in [0.15, 0.2) is 9.84 Å². The van der Waals surface area contributed by atoms with Crippen LogP contribution in [0.5, 0.6) is 0 Å². The van der Waals surface area contributed by atoms with Crippen molar-refractivity contribution in [2.24, 2.45) is 0 Å². The van der Waals surface area contributed by atoms with Crippen LogP contribution in [-0.4, -0.2) is 8.42 Å². The highest BCUT2D eigenvalue weighted by Crippen LogP contribution is 2.29. The molecule has 0 radical (unpaired) electrons. The molecular weight excluding hydrogens is 402 g/mol. The Kier molecular flexibility index (Phi) is 4.15. The summed E-state index contributed by atoms with van der Waals surface area (Å²) in [6.07, 6.45) is 0. The Labute approximate surface area is 126 Å². The predicted octanol–water partition coefficient (Wildman–Crippen LogP) is 3.83. The summed E-state index contributed by atoms with van der Waals surface area (Å²) in [5, 5.41) is 1.86. The van der Waals surface area contributed by atoms with Gasteiger partial charge in [-0.3, -0.25) is 0 Å². The number of rotatable bonds is 3. The second-order valence-corrected chi connectivity index (χ2v) is 8.40. The Morgan fingerprint density at radius 3 is 2.50 bits per heavy atom. The number of hydrogen-bond acceptors (Lipinski definition) is 4. The van der Waals surface area contributed by atoms with Gasteiger partial charge in [0.2, 0.25) is 0 Å². The molecule has 0 bridgehead atoms. The Balaban J connectivity index is 2.36. The molecule has 96 valence electrons. The Hall–Kier alpha value is -0.370. The average molecular weight is 411 g/mol. The van der Waals surface area contributed by atoms with Crippen LogP contribution in [0.15, 0.2) is 43.5 Å². The van der Waals surface area contributed by atoms with Crippen molar-refractivity contribution in [1.82, 2.24) is 0 Å². The van der Waals surface area contributed by atoms with Gasteiger partial charge in [-0.15, -0.1) is 11.3 Å². The van der Waals surface area contributed by atoms with Crippen molar-refractivity contribution in [3.05, 3.63) is 43.5 Å². The van der Waals surface area contributed by atoms with Gasteiger partial charge in [0.1, 0.15) is 0 Å². The molecule has 0 aliphatic heterocycles. The number of nitrogens with two attached hydrogens (primary N) is 1. The van der Waals surface area contributed by atoms with Gasteiger partial charge in [-0.25, -0.2) is 8.42 Å². The smallest absolute Gasteiger partial charge is 0.184 e. The third-order valence-corrected chi connectivity index (χ3v) is 6.76. The summed E-state index contributed by atoms with van der Waals surface area (Å²) in [5.41, 5.74) is 6.13. The maximum atomic E-state index is 12.3. The van der Waals surface area contributed by atoms with Crippen LogP contribution in [0.1, 0.15) is 4.88 Å². The standard InChI is InChI=1S/C11H9Br2NO2S2/c12-7-3-9(17-5-7)6-18(15,16)11-2-1-8(14)4-10(11)13/h1-5H,6,14H2. The number of nitrogen functional groups attached to an aromatic ring is 1. The molecule has 1 aromatic heterocycles. The summed E-state index contributed by atoms with van der Waals surface area (Å²) in [6.45, 7) is 0. The number of halogens is 2. The topological polar surface area (TPSA) is 60.2 Å². The number of sulfone groups is 1. The van der Waals surface area contributed by atoms with E-state index in [4.69, 9.17) is 5.73 Å². The van der Waals surface area contributed by atoms with Crippen LogP contribution in [0, 0.1) is 0 Å². The van der Waals surface area contributed by atoms with Crippen LogP contribution in [0.4, 0.5) is 5.69 Å². The van der Waals surface area contributed by atoms with Crippen molar-refractivity contribution in [1.29, 1.82) is 0 Å². The fraction of sp³-hybridized carbons (Fsp3) is 0.0909. The second-order valence-electron chi connectivity index (χ2n) is 3.68. The van der Waals surface area contributed by atoms with E-state index in [2.05, 4.69) is 31.9 Å². The minimum atomic E-state index is -3.36. The number of thiophene rings is 1. The number of benzene rings is 1. The molecule has 7 heteroatoms. The lowest BCUT2D eigenvalue weighted by Crippen LogP contribution is -2.05. The molecule has 1 heterocycles. The van der Waals surface area contributed by atoms with Crippen LogP contribution in [-0.2, 0) is 15.6 Å². The average Bonchev–Trinajstić information content (AvgIpc) is 2.62. The Morgan fingerprint density at radius 2 is 1.94 bits per heavy atom. The highest BCUT2D eigenvalue weighted by molar-refractivity contribution is 9.10. The molecule has 0 unspecified atom stereocenters. The maximum Gasteiger partial charge on any atom is 0.184 e. The summed E-state index contributed by atoms with van der Waals surface area (Å²) in [6, 6.07) is 6.52. The van der Waals surface area contributed by atoms with E-state index >= 15 is 0 Å². The lowest BCUT2D eigenvalue weighted by atomic mass is 10.3. The SMILES string of the molecule is Nc1ccc(S(=O)(=O)Cc2cc(Br)cs2)c(Br)c1. The van der Waals surface area contributed by atoms with Gasteiger partial charge in [-0.1, -0.05) is 0 Å². The van der Waals surface area contributed by atoms with Gasteiger partial charge in [0.25, 0.3) is 0 Å². The molecule has 2 rings (SSSR count). The summed E-state index contributed by atoms with van der Waals surface area (Å²) >= 11 is 7.96. The number of anilines is 1. The minimum absolute atomic E-state index is 0.00815. The van der Waals surface area contributed by atoms with Crippen LogP contribution in [0.25, 0.3) is 0 Å². The van der Waals surface area contributed by atoms with Gasteiger partial charge in [0.05, 0.1) is 10.6 Å². The van der Waals surface area contributed by atoms with Gasteiger partial charge in [-0.05, 0) is 56.1 Å². The normalized spacial score (nSPS) is 11.7. The second kappa shape index (κ2) is 5.32. The largest absolute Gasteiger partial charge is 0.399 e. The highest BCUT2D eigenvalue weighted by Gasteiger charge is 2.19. The quantitative estimate of drug-likeness (QED) is 0.782. The first-order valence-electron chi connectivity index (χ1n) is 4.89. The maximum absolute atomic E-state index is 12.3. The Bertz CT molecular complexity index is 680. The fourth-order valence-corrected chi connectivity index (χ4v) is 5.82. The van der Waals surface area contributed by atoms with E-state index in [9.17, 15) is 8.42 Å². The molecule has 0 saturated carbocycles. The van der Waals surface area contributed by atoms with E-state index in [-0.39, 0.29) is 10.6 Å². The monoisotopic (exact) mass is 409 g/mol. The molecule has 0 aliphatic carbocycles. The summed E-state index contributed by atoms with van der Waals surface area (Å²) in [7, 11) is -3.36. The van der Waals surface area contributed by atoms with Crippen molar-refractivity contribution < 1.29 is 8.42 Å². The summed E-state index contributed by atoms with van der Waals surface area (Å²) in [5.74, 6) is -0.00815. The van der Waals surface area contributed by atoms with Crippen molar-refractivity contribution >= 4 is 58.7 Å². The molecule has 0 saturated heterocycles. The van der Waals surface area contributed by atoms with Crippen molar-refractivity contribution in [2.75, 3.05) is 5.73 Å². The lowest BCUT2D eigenvalue weighted by Gasteiger charge is -2.06. The molecular formula is C11H9Br2NO2S2. The van der Waals surface area contributed by atoms with E-state index in [1.165, 1.54) is 17.4 Å². The van der Waals surface area contributed by atoms with E-state index in [0.29, 0.717) is 10.2 Å². The zero-order valence-corrected chi connectivity index (χ0v) is 13.9. The van der Waals surface area contributed by atoms with Crippen molar-refractivity contribution in [2.45, 2.75) is 10.6 Å². The van der Waals surface area contributed by atoms with E-state index in [0.717, 1.165) is 9.35 Å². The van der Waals surface area contributed by atoms with Crippen molar-refractivity contribution in [3.8, 4) is 0 Å². The molecule has 3 nitrogen and oxygen atoms in total. The first kappa shape index (κ1) is 14.0. The van der Waals surface area contributed by atoms with E-state index in [1.807, 2.05) is 11.4 Å². The predicted molar refractivity (Wildman–Crippen MR) is 81.5 cm³/mol. The van der Waals surface area contributed by atoms with Crippen molar-refractivity contribution in [3.63, 3.8) is 0 Å². The molecule has 0 amide bonds. The molecule has 0 spiro atoms. The molecule has 0 fully saturated rings. The molecule has 2 aromatic rings.